The molecule has 0 saturated carbocycles. The van der Waals surface area contributed by atoms with Crippen LogP contribution in [-0.2, 0) is 0 Å². The summed E-state index contributed by atoms with van der Waals surface area (Å²) >= 11 is 0. The van der Waals surface area contributed by atoms with E-state index in [1.807, 2.05) is 31.2 Å². The first-order valence-corrected chi connectivity index (χ1v) is 8.76. The number of phenols is 1. The quantitative estimate of drug-likeness (QED) is 0.889. The minimum absolute atomic E-state index is 0.253. The van der Waals surface area contributed by atoms with Crippen molar-refractivity contribution in [2.24, 2.45) is 5.92 Å². The molecule has 3 heterocycles. The number of rotatable bonds is 2. The average molecular weight is 324 g/mol. The first-order valence-electron chi connectivity index (χ1n) is 8.76. The topological polar surface area (TPSA) is 61.3 Å². The van der Waals surface area contributed by atoms with E-state index in [9.17, 15) is 5.11 Å². The molecule has 5 nitrogen and oxygen atoms in total. The van der Waals surface area contributed by atoms with Crippen LogP contribution >= 0.6 is 0 Å². The largest absolute Gasteiger partial charge is 0.507 e. The second-order valence-electron chi connectivity index (χ2n) is 7.15. The summed E-state index contributed by atoms with van der Waals surface area (Å²) in [5.41, 5.74) is 2.49. The molecule has 3 atom stereocenters. The zero-order chi connectivity index (χ0) is 16.7. The molecule has 4 rings (SSSR count). The number of aryl methyl sites for hydroxylation is 1. The van der Waals surface area contributed by atoms with Crippen LogP contribution in [0.4, 0.5) is 5.82 Å². The van der Waals surface area contributed by atoms with Crippen molar-refractivity contribution in [3.05, 3.63) is 35.9 Å². The molecule has 2 aliphatic heterocycles. The summed E-state index contributed by atoms with van der Waals surface area (Å²) in [7, 11) is 0. The Morgan fingerprint density at radius 1 is 1.21 bits per heavy atom. The highest BCUT2D eigenvalue weighted by Gasteiger charge is 2.38. The Labute approximate surface area is 142 Å². The van der Waals surface area contributed by atoms with Crippen LogP contribution in [0.2, 0.25) is 0 Å². The predicted octanol–water partition coefficient (Wildman–Crippen LogP) is 2.73. The van der Waals surface area contributed by atoms with Gasteiger partial charge in [0.1, 0.15) is 5.75 Å². The highest BCUT2D eigenvalue weighted by atomic mass is 16.3. The molecule has 126 valence electrons. The number of piperidine rings is 1. The van der Waals surface area contributed by atoms with E-state index >= 15 is 0 Å². The molecule has 5 heteroatoms. The summed E-state index contributed by atoms with van der Waals surface area (Å²) in [5, 5.41) is 22.7. The molecule has 2 N–H and O–H groups in total. The SMILES string of the molecule is Cc1cccc(O)c1-c1ccc(N2CC[C@@H]3NCC(C)C[C@H]32)nn1. The number of nitrogens with zero attached hydrogens (tertiary/aromatic N) is 3. The third kappa shape index (κ3) is 2.63. The van der Waals surface area contributed by atoms with E-state index in [4.69, 9.17) is 0 Å². The highest BCUT2D eigenvalue weighted by molar-refractivity contribution is 5.70. The van der Waals surface area contributed by atoms with Crippen molar-refractivity contribution in [1.29, 1.82) is 0 Å². The summed E-state index contributed by atoms with van der Waals surface area (Å²) in [6.07, 6.45) is 2.37. The molecule has 1 unspecified atom stereocenters. The zero-order valence-corrected chi connectivity index (χ0v) is 14.2. The van der Waals surface area contributed by atoms with Gasteiger partial charge in [0.2, 0.25) is 0 Å². The Bertz CT molecular complexity index is 710. The highest BCUT2D eigenvalue weighted by Crippen LogP contribution is 2.33. The molecule has 0 bridgehead atoms. The van der Waals surface area contributed by atoms with E-state index < -0.39 is 0 Å². The number of aromatic hydroxyl groups is 1. The van der Waals surface area contributed by atoms with Crippen LogP contribution in [0.3, 0.4) is 0 Å². The van der Waals surface area contributed by atoms with Gasteiger partial charge in [-0.3, -0.25) is 0 Å². The van der Waals surface area contributed by atoms with Gasteiger partial charge in [0.05, 0.1) is 5.69 Å². The van der Waals surface area contributed by atoms with Crippen LogP contribution in [0.1, 0.15) is 25.3 Å². The van der Waals surface area contributed by atoms with E-state index in [0.29, 0.717) is 18.0 Å². The van der Waals surface area contributed by atoms with Crippen molar-refractivity contribution in [1.82, 2.24) is 15.5 Å². The van der Waals surface area contributed by atoms with Gasteiger partial charge in [-0.15, -0.1) is 10.2 Å². The zero-order valence-electron chi connectivity index (χ0n) is 14.2. The lowest BCUT2D eigenvalue weighted by atomic mass is 9.92. The second-order valence-corrected chi connectivity index (χ2v) is 7.15. The van der Waals surface area contributed by atoms with Crippen LogP contribution in [0.5, 0.6) is 5.75 Å². The first kappa shape index (κ1) is 15.4. The molecule has 2 saturated heterocycles. The number of fused-ring (bicyclic) bond motifs is 1. The summed E-state index contributed by atoms with van der Waals surface area (Å²) < 4.78 is 0. The van der Waals surface area contributed by atoms with Gasteiger partial charge in [-0.05, 0) is 56.0 Å². The number of nitrogens with one attached hydrogen (secondary N) is 1. The number of anilines is 1. The molecule has 0 spiro atoms. The van der Waals surface area contributed by atoms with Gasteiger partial charge in [0, 0.05) is 24.2 Å². The van der Waals surface area contributed by atoms with Gasteiger partial charge < -0.3 is 15.3 Å². The van der Waals surface area contributed by atoms with Crippen LogP contribution in [0.25, 0.3) is 11.3 Å². The summed E-state index contributed by atoms with van der Waals surface area (Å²) in [4.78, 5) is 2.39. The summed E-state index contributed by atoms with van der Waals surface area (Å²) in [5.74, 6) is 1.89. The molecular formula is C19H24N4O. The van der Waals surface area contributed by atoms with E-state index in [-0.39, 0.29) is 5.75 Å². The maximum absolute atomic E-state index is 10.1. The fourth-order valence-electron chi connectivity index (χ4n) is 4.11. The lowest BCUT2D eigenvalue weighted by Crippen LogP contribution is -2.50. The number of hydrogen-bond donors (Lipinski definition) is 2. The molecule has 2 aliphatic rings. The third-order valence-corrected chi connectivity index (χ3v) is 5.37. The van der Waals surface area contributed by atoms with Gasteiger partial charge in [-0.25, -0.2) is 0 Å². The monoisotopic (exact) mass is 324 g/mol. The molecule has 2 aromatic rings. The number of hydrogen-bond acceptors (Lipinski definition) is 5. The van der Waals surface area contributed by atoms with E-state index in [0.717, 1.165) is 35.7 Å². The lowest BCUT2D eigenvalue weighted by molar-refractivity contribution is 0.310. The van der Waals surface area contributed by atoms with E-state index in [2.05, 4.69) is 27.3 Å². The van der Waals surface area contributed by atoms with Crippen LogP contribution in [0.15, 0.2) is 30.3 Å². The standard InChI is InChI=1S/C19H24N4O/c1-12-10-16-14(20-11-12)8-9-23(16)18-7-6-15(21-22-18)19-13(2)4-3-5-17(19)24/h3-7,12,14,16,20,24H,8-11H2,1-2H3/t12?,14-,16+/m0/s1. The van der Waals surface area contributed by atoms with Crippen molar-refractivity contribution in [2.75, 3.05) is 18.0 Å². The van der Waals surface area contributed by atoms with Gasteiger partial charge in [-0.1, -0.05) is 19.1 Å². The van der Waals surface area contributed by atoms with E-state index in [1.165, 1.54) is 12.8 Å². The molecular weight excluding hydrogens is 300 g/mol. The Hall–Kier alpha value is -2.14. The maximum atomic E-state index is 10.1. The number of aromatic nitrogens is 2. The van der Waals surface area contributed by atoms with E-state index in [1.54, 1.807) is 6.07 Å². The Morgan fingerprint density at radius 2 is 2.08 bits per heavy atom. The molecule has 0 aliphatic carbocycles. The van der Waals surface area contributed by atoms with Crippen LogP contribution in [0, 0.1) is 12.8 Å². The van der Waals surface area contributed by atoms with Crippen molar-refractivity contribution in [2.45, 2.75) is 38.8 Å². The smallest absolute Gasteiger partial charge is 0.151 e. The molecule has 0 amide bonds. The Kier molecular flexibility index (Phi) is 3.88. The average Bonchev–Trinajstić information content (AvgIpc) is 2.98. The minimum Gasteiger partial charge on any atom is -0.507 e. The maximum Gasteiger partial charge on any atom is 0.151 e. The van der Waals surface area contributed by atoms with Crippen LogP contribution in [-0.4, -0.2) is 40.5 Å². The van der Waals surface area contributed by atoms with Gasteiger partial charge >= 0.3 is 0 Å². The number of benzene rings is 1. The fraction of sp³-hybridized carbons (Fsp3) is 0.474. The van der Waals surface area contributed by atoms with Crippen molar-refractivity contribution in [3.63, 3.8) is 0 Å². The third-order valence-electron chi connectivity index (χ3n) is 5.37. The second kappa shape index (κ2) is 6.06. The van der Waals surface area contributed by atoms with Gasteiger partial charge in [-0.2, -0.15) is 0 Å². The number of phenolic OH excluding ortho intramolecular Hbond substituents is 1. The molecule has 24 heavy (non-hydrogen) atoms. The molecule has 1 aromatic heterocycles. The lowest BCUT2D eigenvalue weighted by Gasteiger charge is -2.35. The van der Waals surface area contributed by atoms with Crippen LogP contribution < -0.4 is 10.2 Å². The Balaban J connectivity index is 1.60. The predicted molar refractivity (Wildman–Crippen MR) is 95.2 cm³/mol. The fourth-order valence-corrected chi connectivity index (χ4v) is 4.11. The van der Waals surface area contributed by atoms with Crippen molar-refractivity contribution in [3.8, 4) is 17.0 Å². The van der Waals surface area contributed by atoms with Gasteiger partial charge in [0.25, 0.3) is 0 Å². The first-order chi connectivity index (χ1) is 11.6. The molecule has 1 aromatic carbocycles. The minimum atomic E-state index is 0.253. The Morgan fingerprint density at radius 3 is 2.83 bits per heavy atom. The molecule has 2 fully saturated rings. The summed E-state index contributed by atoms with van der Waals surface area (Å²) in [6.45, 7) is 6.42. The van der Waals surface area contributed by atoms with Crippen molar-refractivity contribution >= 4 is 5.82 Å². The molecule has 0 radical (unpaired) electrons. The summed E-state index contributed by atoms with van der Waals surface area (Å²) in [6, 6.07) is 10.6. The van der Waals surface area contributed by atoms with Gasteiger partial charge in [0.15, 0.2) is 5.82 Å². The van der Waals surface area contributed by atoms with Crippen molar-refractivity contribution < 1.29 is 5.11 Å². The normalized spacial score (nSPS) is 26.4.